The van der Waals surface area contributed by atoms with Gasteiger partial charge in [0.2, 0.25) is 0 Å². The number of fused-ring (bicyclic) bond motifs is 1. The third-order valence-electron chi connectivity index (χ3n) is 3.19. The first-order valence-corrected chi connectivity index (χ1v) is 6.11. The smallest absolute Gasteiger partial charge is 0.201 e. The molecule has 0 atom stereocenters. The lowest BCUT2D eigenvalue weighted by molar-refractivity contribution is -0.137. The summed E-state index contributed by atoms with van der Waals surface area (Å²) in [4.78, 5) is 0. The predicted molar refractivity (Wildman–Crippen MR) is 66.5 cm³/mol. The van der Waals surface area contributed by atoms with Crippen molar-refractivity contribution >= 4 is 5.71 Å². The quantitative estimate of drug-likeness (QED) is 0.806. The molecule has 0 radical (unpaired) electrons. The van der Waals surface area contributed by atoms with Crippen LogP contribution in [0.15, 0.2) is 29.4 Å². The number of hydrogen-bond acceptors (Lipinski definition) is 3. The van der Waals surface area contributed by atoms with E-state index in [1.54, 1.807) is 17.7 Å². The van der Waals surface area contributed by atoms with E-state index in [2.05, 4.69) is 15.3 Å². The Bertz CT molecular complexity index is 685. The molecule has 1 aromatic carbocycles. The fourth-order valence-electron chi connectivity index (χ4n) is 2.17. The maximum absolute atomic E-state index is 12.7. The molecule has 2 heterocycles. The highest BCUT2D eigenvalue weighted by molar-refractivity contribution is 6.01. The second kappa shape index (κ2) is 4.43. The van der Waals surface area contributed by atoms with Gasteiger partial charge in [0.05, 0.1) is 11.3 Å². The van der Waals surface area contributed by atoms with Crippen LogP contribution in [0.25, 0.3) is 0 Å². The first kappa shape index (κ1) is 12.8. The normalized spacial score (nSPS) is 14.9. The van der Waals surface area contributed by atoms with Gasteiger partial charge in [-0.05, 0) is 31.0 Å². The molecule has 104 valence electrons. The number of halogens is 3. The largest absolute Gasteiger partial charge is 0.416 e. The highest BCUT2D eigenvalue weighted by Gasteiger charge is 2.31. The van der Waals surface area contributed by atoms with E-state index in [4.69, 9.17) is 0 Å². The van der Waals surface area contributed by atoms with Crippen molar-refractivity contribution in [1.29, 1.82) is 0 Å². The zero-order valence-corrected chi connectivity index (χ0v) is 10.6. The number of aryl methyl sites for hydroxylation is 2. The number of hydrogen-bond donors (Lipinski definition) is 0. The molecule has 7 heteroatoms. The molecule has 0 unspecified atom stereocenters. The lowest BCUT2D eigenvalue weighted by Crippen LogP contribution is -2.16. The summed E-state index contributed by atoms with van der Waals surface area (Å²) in [5.41, 5.74) is 0.439. The third kappa shape index (κ3) is 2.19. The number of aromatic nitrogens is 3. The lowest BCUT2D eigenvalue weighted by atomic mass is 10.0. The van der Waals surface area contributed by atoms with Crippen LogP contribution in [0, 0.1) is 6.92 Å². The van der Waals surface area contributed by atoms with Gasteiger partial charge >= 0.3 is 6.18 Å². The number of nitrogens with zero attached hydrogens (tertiary/aromatic N) is 4. The molecule has 1 aliphatic heterocycles. The van der Waals surface area contributed by atoms with Crippen LogP contribution >= 0.6 is 0 Å². The van der Waals surface area contributed by atoms with Gasteiger partial charge in [0, 0.05) is 6.42 Å². The summed E-state index contributed by atoms with van der Waals surface area (Å²) in [7, 11) is 0. The average molecular weight is 280 g/mol. The van der Waals surface area contributed by atoms with Crippen molar-refractivity contribution in [2.45, 2.75) is 25.9 Å². The second-order valence-corrected chi connectivity index (χ2v) is 4.60. The van der Waals surface area contributed by atoms with Gasteiger partial charge in [0.15, 0.2) is 11.6 Å². The average Bonchev–Trinajstić information content (AvgIpc) is 2.79. The number of benzene rings is 1. The van der Waals surface area contributed by atoms with Gasteiger partial charge in [-0.3, -0.25) is 0 Å². The Morgan fingerprint density at radius 1 is 1.15 bits per heavy atom. The van der Waals surface area contributed by atoms with Gasteiger partial charge in [0.25, 0.3) is 0 Å². The Morgan fingerprint density at radius 2 is 1.95 bits per heavy atom. The van der Waals surface area contributed by atoms with Crippen molar-refractivity contribution in [3.8, 4) is 0 Å². The molecule has 4 nitrogen and oxygen atoms in total. The van der Waals surface area contributed by atoms with Gasteiger partial charge in [-0.15, -0.1) is 10.2 Å². The van der Waals surface area contributed by atoms with Crippen LogP contribution < -0.4 is 0 Å². The van der Waals surface area contributed by atoms with Crippen molar-refractivity contribution in [3.05, 3.63) is 47.0 Å². The van der Waals surface area contributed by atoms with Crippen LogP contribution in [0.2, 0.25) is 0 Å². The van der Waals surface area contributed by atoms with Crippen molar-refractivity contribution in [1.82, 2.24) is 14.9 Å². The molecular formula is C13H11F3N4. The van der Waals surface area contributed by atoms with Crippen molar-refractivity contribution in [2.75, 3.05) is 0 Å². The fourth-order valence-corrected chi connectivity index (χ4v) is 2.17. The van der Waals surface area contributed by atoms with Gasteiger partial charge in [-0.2, -0.15) is 18.3 Å². The van der Waals surface area contributed by atoms with Crippen LogP contribution in [-0.2, 0) is 12.6 Å². The Labute approximate surface area is 112 Å². The summed E-state index contributed by atoms with van der Waals surface area (Å²) >= 11 is 0. The second-order valence-electron chi connectivity index (χ2n) is 4.60. The molecule has 0 bridgehead atoms. The van der Waals surface area contributed by atoms with Crippen LogP contribution in [0.4, 0.5) is 13.2 Å². The summed E-state index contributed by atoms with van der Waals surface area (Å²) in [6.45, 7) is 1.76. The van der Waals surface area contributed by atoms with E-state index < -0.39 is 11.7 Å². The van der Waals surface area contributed by atoms with Gasteiger partial charge < -0.3 is 0 Å². The predicted octanol–water partition coefficient (Wildman–Crippen LogP) is 2.80. The number of rotatable bonds is 1. The summed E-state index contributed by atoms with van der Waals surface area (Å²) in [5, 5.41) is 12.2. The van der Waals surface area contributed by atoms with E-state index >= 15 is 0 Å². The molecule has 1 aliphatic rings. The topological polar surface area (TPSA) is 43.1 Å². The Balaban J connectivity index is 2.03. The van der Waals surface area contributed by atoms with Crippen molar-refractivity contribution in [2.24, 2.45) is 5.10 Å². The molecule has 0 aliphatic carbocycles. The Morgan fingerprint density at radius 3 is 2.70 bits per heavy atom. The maximum Gasteiger partial charge on any atom is 0.416 e. The van der Waals surface area contributed by atoms with E-state index in [0.29, 0.717) is 29.9 Å². The van der Waals surface area contributed by atoms with Gasteiger partial charge in [-0.25, -0.2) is 4.68 Å². The molecule has 3 rings (SSSR count). The van der Waals surface area contributed by atoms with Gasteiger partial charge in [0.1, 0.15) is 0 Å². The molecule has 0 saturated carbocycles. The van der Waals surface area contributed by atoms with E-state index in [0.717, 1.165) is 18.0 Å². The molecule has 2 aromatic rings. The summed E-state index contributed by atoms with van der Waals surface area (Å²) in [6.07, 6.45) is -3.17. The SMILES string of the molecule is Cc1nnc2n1N=C(c1cccc(C(F)(F)F)c1)CC2. The first-order valence-electron chi connectivity index (χ1n) is 6.11. The van der Waals surface area contributed by atoms with Crippen LogP contribution in [-0.4, -0.2) is 20.6 Å². The molecule has 1 aromatic heterocycles. The molecular weight excluding hydrogens is 269 g/mol. The van der Waals surface area contributed by atoms with E-state index in [1.807, 2.05) is 0 Å². The maximum atomic E-state index is 12.7. The van der Waals surface area contributed by atoms with E-state index in [9.17, 15) is 13.2 Å². The summed E-state index contributed by atoms with van der Waals surface area (Å²) in [5.74, 6) is 1.36. The highest BCUT2D eigenvalue weighted by atomic mass is 19.4. The lowest BCUT2D eigenvalue weighted by Gasteiger charge is -2.15. The fraction of sp³-hybridized carbons (Fsp3) is 0.308. The number of alkyl halides is 3. The van der Waals surface area contributed by atoms with Crippen LogP contribution in [0.3, 0.4) is 0 Å². The first-order chi connectivity index (χ1) is 9.45. The summed E-state index contributed by atoms with van der Waals surface area (Å²) < 4.78 is 39.8. The Hall–Kier alpha value is -2.18. The molecule has 0 amide bonds. The molecule has 0 N–H and O–H groups in total. The Kier molecular flexibility index (Phi) is 2.84. The minimum atomic E-state index is -4.34. The molecule has 20 heavy (non-hydrogen) atoms. The molecule has 0 spiro atoms. The third-order valence-corrected chi connectivity index (χ3v) is 3.19. The van der Waals surface area contributed by atoms with Crippen LogP contribution in [0.5, 0.6) is 0 Å². The standard InChI is InChI=1S/C13H11F3N4/c1-8-17-18-12-6-5-11(19-20(8)12)9-3-2-4-10(7-9)13(14,15)16/h2-4,7H,5-6H2,1H3. The van der Waals surface area contributed by atoms with Crippen LogP contribution in [0.1, 0.15) is 29.2 Å². The highest BCUT2D eigenvalue weighted by Crippen LogP contribution is 2.30. The molecule has 0 saturated heterocycles. The van der Waals surface area contributed by atoms with Crippen molar-refractivity contribution in [3.63, 3.8) is 0 Å². The van der Waals surface area contributed by atoms with E-state index in [1.165, 1.54) is 6.07 Å². The minimum Gasteiger partial charge on any atom is -0.201 e. The van der Waals surface area contributed by atoms with Crippen molar-refractivity contribution < 1.29 is 13.2 Å². The van der Waals surface area contributed by atoms with E-state index in [-0.39, 0.29) is 0 Å². The zero-order chi connectivity index (χ0) is 14.3. The summed E-state index contributed by atoms with van der Waals surface area (Å²) in [6, 6.07) is 5.22. The van der Waals surface area contributed by atoms with Gasteiger partial charge in [-0.1, -0.05) is 12.1 Å². The monoisotopic (exact) mass is 280 g/mol. The minimum absolute atomic E-state index is 0.485. The zero-order valence-electron chi connectivity index (χ0n) is 10.6. The molecule has 0 fully saturated rings.